The van der Waals surface area contributed by atoms with Gasteiger partial charge in [0.05, 0.1) is 0 Å². The van der Waals surface area contributed by atoms with E-state index in [0.717, 1.165) is 29.6 Å². The van der Waals surface area contributed by atoms with Gasteiger partial charge in [-0.25, -0.2) is 0 Å². The van der Waals surface area contributed by atoms with Crippen LogP contribution in [0.4, 0.5) is 5.69 Å². The highest BCUT2D eigenvalue weighted by Gasteiger charge is 2.33. The molecule has 0 amide bonds. The first-order valence-corrected chi connectivity index (χ1v) is 6.51. The minimum absolute atomic E-state index is 0.486. The molecule has 1 aromatic rings. The third kappa shape index (κ3) is 2.78. The van der Waals surface area contributed by atoms with Crippen molar-refractivity contribution < 1.29 is 0 Å². The highest BCUT2D eigenvalue weighted by atomic mass is 32.1. The van der Waals surface area contributed by atoms with E-state index in [4.69, 9.17) is 18.0 Å². The van der Waals surface area contributed by atoms with E-state index >= 15 is 0 Å². The maximum atomic E-state index is 5.80. The first-order valence-electron chi connectivity index (χ1n) is 6.10. The summed E-state index contributed by atoms with van der Waals surface area (Å²) < 4.78 is 0. The summed E-state index contributed by atoms with van der Waals surface area (Å²) in [6.45, 7) is 5.47. The highest BCUT2D eigenvalue weighted by Crippen LogP contribution is 2.39. The number of anilines is 1. The Labute approximate surface area is 109 Å². The largest absolute Gasteiger partial charge is 0.389 e. The monoisotopic (exact) mass is 248 g/mol. The van der Waals surface area contributed by atoms with Crippen LogP contribution in [-0.4, -0.2) is 18.6 Å². The normalized spacial score (nSPS) is 22.3. The molecule has 2 N–H and O–H groups in total. The molecule has 92 valence electrons. The van der Waals surface area contributed by atoms with E-state index in [2.05, 4.69) is 44.0 Å². The fraction of sp³-hybridized carbons (Fsp3) is 0.500. The van der Waals surface area contributed by atoms with E-state index in [-0.39, 0.29) is 0 Å². The zero-order chi connectivity index (χ0) is 12.6. The van der Waals surface area contributed by atoms with Crippen molar-refractivity contribution in [2.45, 2.75) is 20.3 Å². The van der Waals surface area contributed by atoms with Crippen LogP contribution in [0.2, 0.25) is 0 Å². The van der Waals surface area contributed by atoms with Gasteiger partial charge in [-0.15, -0.1) is 0 Å². The summed E-state index contributed by atoms with van der Waals surface area (Å²) in [5.74, 6) is 1.71. The Bertz CT molecular complexity index is 442. The third-order valence-corrected chi connectivity index (χ3v) is 3.83. The molecule has 1 fully saturated rings. The maximum absolute atomic E-state index is 5.80. The Morgan fingerprint density at radius 3 is 2.71 bits per heavy atom. The van der Waals surface area contributed by atoms with Crippen LogP contribution in [0, 0.1) is 18.8 Å². The fourth-order valence-corrected chi connectivity index (χ4v) is 2.45. The van der Waals surface area contributed by atoms with Crippen LogP contribution in [-0.2, 0) is 0 Å². The minimum atomic E-state index is 0.486. The van der Waals surface area contributed by atoms with Crippen molar-refractivity contribution in [3.8, 4) is 0 Å². The van der Waals surface area contributed by atoms with Gasteiger partial charge in [0.1, 0.15) is 4.99 Å². The second-order valence-electron chi connectivity index (χ2n) is 5.24. The number of hydrogen-bond donors (Lipinski definition) is 1. The van der Waals surface area contributed by atoms with Crippen LogP contribution < -0.4 is 10.6 Å². The predicted octanol–water partition coefficient (Wildman–Crippen LogP) is 2.72. The summed E-state index contributed by atoms with van der Waals surface area (Å²) in [6, 6.07) is 6.31. The Balaban J connectivity index is 2.21. The van der Waals surface area contributed by atoms with Crippen molar-refractivity contribution >= 4 is 22.9 Å². The van der Waals surface area contributed by atoms with Gasteiger partial charge < -0.3 is 10.6 Å². The van der Waals surface area contributed by atoms with Crippen molar-refractivity contribution in [1.82, 2.24) is 0 Å². The van der Waals surface area contributed by atoms with Gasteiger partial charge in [-0.3, -0.25) is 0 Å². The van der Waals surface area contributed by atoms with E-state index in [9.17, 15) is 0 Å². The molecule has 2 atom stereocenters. The first kappa shape index (κ1) is 12.4. The molecule has 2 nitrogen and oxygen atoms in total. The third-order valence-electron chi connectivity index (χ3n) is 3.61. The Morgan fingerprint density at radius 2 is 2.18 bits per heavy atom. The van der Waals surface area contributed by atoms with Crippen molar-refractivity contribution in [2.24, 2.45) is 17.6 Å². The van der Waals surface area contributed by atoms with Crippen LogP contribution in [0.25, 0.3) is 0 Å². The average molecular weight is 248 g/mol. The molecular weight excluding hydrogens is 228 g/mol. The lowest BCUT2D eigenvalue weighted by Crippen LogP contribution is -2.24. The summed E-state index contributed by atoms with van der Waals surface area (Å²) in [4.78, 5) is 2.77. The smallest absolute Gasteiger partial charge is 0.106 e. The first-order chi connectivity index (χ1) is 7.99. The fourth-order valence-electron chi connectivity index (χ4n) is 2.28. The molecule has 0 bridgehead atoms. The Kier molecular flexibility index (Phi) is 3.38. The zero-order valence-corrected chi connectivity index (χ0v) is 11.6. The van der Waals surface area contributed by atoms with E-state index in [1.165, 1.54) is 12.0 Å². The van der Waals surface area contributed by atoms with Crippen molar-refractivity contribution in [2.75, 3.05) is 18.5 Å². The average Bonchev–Trinajstić information content (AvgIpc) is 2.93. The molecule has 1 aliphatic rings. The van der Waals surface area contributed by atoms with Crippen LogP contribution >= 0.6 is 12.2 Å². The van der Waals surface area contributed by atoms with Gasteiger partial charge in [0.15, 0.2) is 0 Å². The number of hydrogen-bond acceptors (Lipinski definition) is 2. The molecule has 17 heavy (non-hydrogen) atoms. The second-order valence-corrected chi connectivity index (χ2v) is 5.68. The lowest BCUT2D eigenvalue weighted by atomic mass is 10.1. The molecular formula is C14H20N2S. The van der Waals surface area contributed by atoms with Crippen molar-refractivity contribution in [3.63, 3.8) is 0 Å². The number of rotatable bonds is 4. The van der Waals surface area contributed by atoms with Crippen molar-refractivity contribution in [1.29, 1.82) is 0 Å². The summed E-state index contributed by atoms with van der Waals surface area (Å²) >= 11 is 5.13. The molecule has 0 aromatic heterocycles. The molecule has 3 heteroatoms. The number of aryl methyl sites for hydroxylation is 1. The van der Waals surface area contributed by atoms with Gasteiger partial charge in [0, 0.05) is 24.8 Å². The molecule has 2 unspecified atom stereocenters. The van der Waals surface area contributed by atoms with E-state index < -0.39 is 0 Å². The Morgan fingerprint density at radius 1 is 1.53 bits per heavy atom. The lowest BCUT2D eigenvalue weighted by molar-refractivity contribution is 0.725. The standard InChI is InChI=1S/C14H20N2S/c1-9-4-5-13(12(6-9)14(15)17)16(3)8-11-7-10(11)2/h4-6,10-11H,7-8H2,1-3H3,(H2,15,17). The number of nitrogens with zero attached hydrogens (tertiary/aromatic N) is 1. The van der Waals surface area contributed by atoms with Crippen LogP contribution in [0.15, 0.2) is 18.2 Å². The number of nitrogens with two attached hydrogens (primary N) is 1. The van der Waals surface area contributed by atoms with E-state index in [1.807, 2.05) is 0 Å². The lowest BCUT2D eigenvalue weighted by Gasteiger charge is -2.22. The molecule has 1 aromatic carbocycles. The molecule has 0 spiro atoms. The zero-order valence-electron chi connectivity index (χ0n) is 10.7. The van der Waals surface area contributed by atoms with Gasteiger partial charge in [0.25, 0.3) is 0 Å². The summed E-state index contributed by atoms with van der Waals surface area (Å²) in [6.07, 6.45) is 1.35. The van der Waals surface area contributed by atoms with Crippen molar-refractivity contribution in [3.05, 3.63) is 29.3 Å². The van der Waals surface area contributed by atoms with Gasteiger partial charge in [-0.1, -0.05) is 30.8 Å². The highest BCUT2D eigenvalue weighted by molar-refractivity contribution is 7.80. The summed E-state index contributed by atoms with van der Waals surface area (Å²) in [7, 11) is 2.12. The molecule has 0 saturated heterocycles. The van der Waals surface area contributed by atoms with Crippen LogP contribution in [0.3, 0.4) is 0 Å². The van der Waals surface area contributed by atoms with E-state index in [0.29, 0.717) is 4.99 Å². The van der Waals surface area contributed by atoms with E-state index in [1.54, 1.807) is 0 Å². The van der Waals surface area contributed by atoms with Gasteiger partial charge >= 0.3 is 0 Å². The van der Waals surface area contributed by atoms with Gasteiger partial charge in [-0.2, -0.15) is 0 Å². The molecule has 2 rings (SSSR count). The summed E-state index contributed by atoms with van der Waals surface area (Å²) in [5, 5.41) is 0. The van der Waals surface area contributed by atoms with Crippen LogP contribution in [0.1, 0.15) is 24.5 Å². The predicted molar refractivity (Wildman–Crippen MR) is 77.6 cm³/mol. The second kappa shape index (κ2) is 4.65. The van der Waals surface area contributed by atoms with Gasteiger partial charge in [-0.05, 0) is 37.3 Å². The summed E-state index contributed by atoms with van der Waals surface area (Å²) in [5.41, 5.74) is 9.15. The SMILES string of the molecule is Cc1ccc(N(C)CC2CC2C)c(C(N)=S)c1. The Hall–Kier alpha value is -1.09. The quantitative estimate of drug-likeness (QED) is 0.831. The number of thiocarbonyl (C=S) groups is 1. The molecule has 0 radical (unpaired) electrons. The maximum Gasteiger partial charge on any atom is 0.106 e. The van der Waals surface area contributed by atoms with Gasteiger partial charge in [0.2, 0.25) is 0 Å². The topological polar surface area (TPSA) is 29.3 Å². The number of benzene rings is 1. The molecule has 0 heterocycles. The molecule has 1 aliphatic carbocycles. The minimum Gasteiger partial charge on any atom is -0.389 e. The molecule has 1 saturated carbocycles. The van der Waals surface area contributed by atoms with Crippen LogP contribution in [0.5, 0.6) is 0 Å². The molecule has 0 aliphatic heterocycles.